The number of amides is 1. The van der Waals surface area contributed by atoms with Crippen LogP contribution in [0.3, 0.4) is 0 Å². The number of carbonyl (C=O) groups excluding carboxylic acids is 2. The molecule has 0 atom stereocenters. The van der Waals surface area contributed by atoms with Crippen molar-refractivity contribution in [3.05, 3.63) is 58.4 Å². The van der Waals surface area contributed by atoms with E-state index in [0.717, 1.165) is 21.5 Å². The van der Waals surface area contributed by atoms with Gasteiger partial charge in [0.2, 0.25) is 0 Å². The van der Waals surface area contributed by atoms with E-state index in [4.69, 9.17) is 14.2 Å². The number of fused-ring (bicyclic) bond motifs is 1. The SMILES string of the molecule is CCOCCn1c(=NC(=O)Cc2ccc(OC)cc2)sc2cc(C(=O)OCC)ccc21. The summed E-state index contributed by atoms with van der Waals surface area (Å²) in [6.45, 7) is 5.69. The number of benzene rings is 2. The molecule has 3 rings (SSSR count). The number of carbonyl (C=O) groups is 2. The molecule has 2 aromatic carbocycles. The Labute approximate surface area is 184 Å². The van der Waals surface area contributed by atoms with Gasteiger partial charge in [0.1, 0.15) is 5.75 Å². The van der Waals surface area contributed by atoms with E-state index in [1.54, 1.807) is 26.2 Å². The Hall–Kier alpha value is -2.97. The third-order valence-electron chi connectivity index (χ3n) is 4.59. The first-order valence-electron chi connectivity index (χ1n) is 10.1. The minimum absolute atomic E-state index is 0.192. The van der Waals surface area contributed by atoms with Crippen molar-refractivity contribution in [3.8, 4) is 5.75 Å². The molecule has 7 nitrogen and oxygen atoms in total. The first-order valence-corrected chi connectivity index (χ1v) is 11.0. The monoisotopic (exact) mass is 442 g/mol. The Morgan fingerprint density at radius 2 is 1.84 bits per heavy atom. The second-order valence-electron chi connectivity index (χ2n) is 6.67. The summed E-state index contributed by atoms with van der Waals surface area (Å²) in [5.41, 5.74) is 2.23. The summed E-state index contributed by atoms with van der Waals surface area (Å²) in [6.07, 6.45) is 0.192. The van der Waals surface area contributed by atoms with E-state index >= 15 is 0 Å². The van der Waals surface area contributed by atoms with Crippen molar-refractivity contribution in [2.24, 2.45) is 4.99 Å². The van der Waals surface area contributed by atoms with Crippen LogP contribution in [0.5, 0.6) is 5.75 Å². The second-order valence-corrected chi connectivity index (χ2v) is 7.68. The van der Waals surface area contributed by atoms with Crippen molar-refractivity contribution in [1.29, 1.82) is 0 Å². The van der Waals surface area contributed by atoms with Crippen molar-refractivity contribution in [2.75, 3.05) is 26.9 Å². The lowest BCUT2D eigenvalue weighted by molar-refractivity contribution is -0.117. The number of ether oxygens (including phenoxy) is 3. The van der Waals surface area contributed by atoms with E-state index in [9.17, 15) is 9.59 Å². The Bertz CT molecular complexity index is 1120. The average molecular weight is 443 g/mol. The van der Waals surface area contributed by atoms with Crippen molar-refractivity contribution in [3.63, 3.8) is 0 Å². The normalized spacial score (nSPS) is 11.6. The number of hydrogen-bond donors (Lipinski definition) is 0. The molecule has 0 saturated carbocycles. The van der Waals surface area contributed by atoms with Gasteiger partial charge in [0.25, 0.3) is 5.91 Å². The summed E-state index contributed by atoms with van der Waals surface area (Å²) in [5.74, 6) is 0.129. The lowest BCUT2D eigenvalue weighted by Gasteiger charge is -2.06. The molecule has 0 aliphatic carbocycles. The molecule has 31 heavy (non-hydrogen) atoms. The molecule has 0 spiro atoms. The van der Waals surface area contributed by atoms with Crippen LogP contribution < -0.4 is 9.54 Å². The number of rotatable bonds is 9. The highest BCUT2D eigenvalue weighted by Gasteiger charge is 2.13. The van der Waals surface area contributed by atoms with Crippen LogP contribution in [0, 0.1) is 0 Å². The molecule has 1 aromatic heterocycles. The zero-order chi connectivity index (χ0) is 22.2. The Morgan fingerprint density at radius 1 is 1.06 bits per heavy atom. The average Bonchev–Trinajstić information content (AvgIpc) is 3.10. The van der Waals surface area contributed by atoms with Gasteiger partial charge in [0, 0.05) is 13.2 Å². The molecule has 0 unspecified atom stereocenters. The lowest BCUT2D eigenvalue weighted by atomic mass is 10.1. The summed E-state index contributed by atoms with van der Waals surface area (Å²) in [6, 6.07) is 12.7. The van der Waals surface area contributed by atoms with Gasteiger partial charge in [-0.25, -0.2) is 4.79 Å². The van der Waals surface area contributed by atoms with Gasteiger partial charge in [0.05, 0.1) is 42.5 Å². The smallest absolute Gasteiger partial charge is 0.338 e. The number of methoxy groups -OCH3 is 1. The molecule has 0 radical (unpaired) electrons. The Kier molecular flexibility index (Phi) is 7.97. The standard InChI is InChI=1S/C23H26N2O5S/c1-4-29-13-12-25-19-11-8-17(22(27)30-5-2)15-20(19)31-23(25)24-21(26)14-16-6-9-18(28-3)10-7-16/h6-11,15H,4-5,12-14H2,1-3H3. The molecular formula is C23H26N2O5S. The van der Waals surface area contributed by atoms with Crippen molar-refractivity contribution < 1.29 is 23.8 Å². The molecule has 164 valence electrons. The molecule has 0 fully saturated rings. The van der Waals surface area contributed by atoms with Gasteiger partial charge < -0.3 is 18.8 Å². The molecule has 0 aliphatic heterocycles. The molecule has 0 aliphatic rings. The Morgan fingerprint density at radius 3 is 2.52 bits per heavy atom. The van der Waals surface area contributed by atoms with E-state index in [2.05, 4.69) is 4.99 Å². The number of nitrogens with zero attached hydrogens (tertiary/aromatic N) is 2. The first-order chi connectivity index (χ1) is 15.0. The van der Waals surface area contributed by atoms with Crippen molar-refractivity contribution in [1.82, 2.24) is 4.57 Å². The van der Waals surface area contributed by atoms with Gasteiger partial charge >= 0.3 is 5.97 Å². The highest BCUT2D eigenvalue weighted by atomic mass is 32.1. The number of esters is 1. The highest BCUT2D eigenvalue weighted by molar-refractivity contribution is 7.16. The summed E-state index contributed by atoms with van der Waals surface area (Å²) in [4.78, 5) is 29.7. The van der Waals surface area contributed by atoms with E-state index in [1.165, 1.54) is 11.3 Å². The predicted molar refractivity (Wildman–Crippen MR) is 120 cm³/mol. The lowest BCUT2D eigenvalue weighted by Crippen LogP contribution is -2.20. The van der Waals surface area contributed by atoms with Crippen LogP contribution in [0.2, 0.25) is 0 Å². The highest BCUT2D eigenvalue weighted by Crippen LogP contribution is 2.20. The largest absolute Gasteiger partial charge is 0.497 e. The molecule has 3 aromatic rings. The fourth-order valence-electron chi connectivity index (χ4n) is 3.08. The van der Waals surface area contributed by atoms with Gasteiger partial charge in [-0.3, -0.25) is 4.79 Å². The fourth-order valence-corrected chi connectivity index (χ4v) is 4.19. The van der Waals surface area contributed by atoms with Crippen LogP contribution in [-0.4, -0.2) is 43.4 Å². The van der Waals surface area contributed by atoms with E-state index in [0.29, 0.717) is 36.7 Å². The minimum atomic E-state index is -0.368. The van der Waals surface area contributed by atoms with Crippen LogP contribution in [0.4, 0.5) is 0 Å². The van der Waals surface area contributed by atoms with Crippen LogP contribution in [-0.2, 0) is 27.2 Å². The number of hydrogen-bond acceptors (Lipinski definition) is 6. The maximum atomic E-state index is 12.6. The quantitative estimate of drug-likeness (QED) is 0.374. The van der Waals surface area contributed by atoms with Gasteiger partial charge in [-0.05, 0) is 49.7 Å². The third kappa shape index (κ3) is 5.80. The molecular weight excluding hydrogens is 416 g/mol. The van der Waals surface area contributed by atoms with E-state index in [-0.39, 0.29) is 18.3 Å². The van der Waals surface area contributed by atoms with Crippen molar-refractivity contribution >= 4 is 33.4 Å². The zero-order valence-electron chi connectivity index (χ0n) is 17.9. The summed E-state index contributed by atoms with van der Waals surface area (Å²) < 4.78 is 18.6. The minimum Gasteiger partial charge on any atom is -0.497 e. The van der Waals surface area contributed by atoms with Crippen LogP contribution >= 0.6 is 11.3 Å². The molecule has 1 heterocycles. The van der Waals surface area contributed by atoms with Gasteiger partial charge in [-0.15, -0.1) is 0 Å². The predicted octanol–water partition coefficient (Wildman–Crippen LogP) is 3.59. The summed E-state index contributed by atoms with van der Waals surface area (Å²) in [5, 5.41) is 0. The third-order valence-corrected chi connectivity index (χ3v) is 5.63. The first kappa shape index (κ1) is 22.7. The maximum absolute atomic E-state index is 12.6. The molecule has 0 saturated heterocycles. The molecule has 0 N–H and O–H groups in total. The molecule has 1 amide bonds. The number of thiazole rings is 1. The maximum Gasteiger partial charge on any atom is 0.338 e. The van der Waals surface area contributed by atoms with Crippen LogP contribution in [0.15, 0.2) is 47.5 Å². The fraction of sp³-hybridized carbons (Fsp3) is 0.348. The number of aromatic nitrogens is 1. The molecule has 8 heteroatoms. The summed E-state index contributed by atoms with van der Waals surface area (Å²) >= 11 is 1.37. The van der Waals surface area contributed by atoms with E-state index < -0.39 is 0 Å². The summed E-state index contributed by atoms with van der Waals surface area (Å²) in [7, 11) is 1.60. The van der Waals surface area contributed by atoms with Crippen molar-refractivity contribution in [2.45, 2.75) is 26.8 Å². The van der Waals surface area contributed by atoms with Gasteiger partial charge in [-0.2, -0.15) is 4.99 Å². The second kappa shape index (κ2) is 10.9. The van der Waals surface area contributed by atoms with Gasteiger partial charge in [0.15, 0.2) is 4.80 Å². The van der Waals surface area contributed by atoms with E-state index in [1.807, 2.05) is 41.8 Å². The van der Waals surface area contributed by atoms with Gasteiger partial charge in [-0.1, -0.05) is 23.5 Å². The molecule has 0 bridgehead atoms. The topological polar surface area (TPSA) is 79.1 Å². The van der Waals surface area contributed by atoms with Crippen LogP contribution in [0.25, 0.3) is 10.2 Å². The Balaban J connectivity index is 1.93. The zero-order valence-corrected chi connectivity index (χ0v) is 18.7. The van der Waals surface area contributed by atoms with Crippen LogP contribution in [0.1, 0.15) is 29.8 Å².